The molecule has 1 aromatic rings. The highest BCUT2D eigenvalue weighted by atomic mass is 16.3. The Morgan fingerprint density at radius 2 is 2.45 bits per heavy atom. The molecule has 0 saturated carbocycles. The standard InChI is InChI=1S/C9H13NO/c1-6-5-11-9-4-7(10)2-3-8(6)9/h5,7H,2-4,10H2,1H3. The molecule has 1 heterocycles. The van der Waals surface area contributed by atoms with E-state index in [-0.39, 0.29) is 0 Å². The number of rotatable bonds is 0. The van der Waals surface area contributed by atoms with Crippen molar-refractivity contribution in [3.63, 3.8) is 0 Å². The zero-order valence-corrected chi connectivity index (χ0v) is 6.76. The second-order valence-corrected chi connectivity index (χ2v) is 3.32. The summed E-state index contributed by atoms with van der Waals surface area (Å²) in [5, 5.41) is 0. The van der Waals surface area contributed by atoms with Crippen LogP contribution >= 0.6 is 0 Å². The first-order chi connectivity index (χ1) is 5.27. The maximum atomic E-state index is 5.80. The van der Waals surface area contributed by atoms with Crippen LogP contribution in [0.3, 0.4) is 0 Å². The summed E-state index contributed by atoms with van der Waals surface area (Å²) in [6, 6.07) is 0.313. The van der Waals surface area contributed by atoms with Crippen molar-refractivity contribution in [3.05, 3.63) is 23.2 Å². The molecule has 11 heavy (non-hydrogen) atoms. The van der Waals surface area contributed by atoms with E-state index in [1.807, 2.05) is 6.26 Å². The van der Waals surface area contributed by atoms with Crippen molar-refractivity contribution in [1.82, 2.24) is 0 Å². The van der Waals surface area contributed by atoms with Gasteiger partial charge in [0.2, 0.25) is 0 Å². The van der Waals surface area contributed by atoms with E-state index < -0.39 is 0 Å². The molecule has 2 N–H and O–H groups in total. The van der Waals surface area contributed by atoms with Crippen LogP contribution in [-0.4, -0.2) is 6.04 Å². The van der Waals surface area contributed by atoms with Gasteiger partial charge in [-0.2, -0.15) is 0 Å². The molecule has 0 spiro atoms. The van der Waals surface area contributed by atoms with Crippen molar-refractivity contribution in [2.24, 2.45) is 5.73 Å². The van der Waals surface area contributed by atoms with Gasteiger partial charge in [-0.15, -0.1) is 0 Å². The monoisotopic (exact) mass is 151 g/mol. The number of aryl methyl sites for hydroxylation is 1. The SMILES string of the molecule is Cc1coc2c1CCC(N)C2. The Balaban J connectivity index is 2.36. The summed E-state index contributed by atoms with van der Waals surface area (Å²) >= 11 is 0. The Labute approximate surface area is 66.4 Å². The number of hydrogen-bond acceptors (Lipinski definition) is 2. The fraction of sp³-hybridized carbons (Fsp3) is 0.556. The average Bonchev–Trinajstić information content (AvgIpc) is 2.32. The lowest BCUT2D eigenvalue weighted by atomic mass is 9.93. The number of furan rings is 1. The van der Waals surface area contributed by atoms with E-state index >= 15 is 0 Å². The molecule has 0 bridgehead atoms. The molecule has 0 saturated heterocycles. The van der Waals surface area contributed by atoms with Crippen LogP contribution in [0.25, 0.3) is 0 Å². The van der Waals surface area contributed by atoms with Gasteiger partial charge in [0.15, 0.2) is 0 Å². The Bertz CT molecular complexity index is 265. The molecular formula is C9H13NO. The molecule has 2 heteroatoms. The molecule has 1 atom stereocenters. The molecule has 2 rings (SSSR count). The van der Waals surface area contributed by atoms with Gasteiger partial charge in [0, 0.05) is 12.5 Å². The Kier molecular flexibility index (Phi) is 1.50. The Morgan fingerprint density at radius 3 is 3.27 bits per heavy atom. The third-order valence-corrected chi connectivity index (χ3v) is 2.40. The second kappa shape index (κ2) is 2.38. The number of fused-ring (bicyclic) bond motifs is 1. The van der Waals surface area contributed by atoms with Crippen molar-refractivity contribution in [2.75, 3.05) is 0 Å². The minimum Gasteiger partial charge on any atom is -0.469 e. The van der Waals surface area contributed by atoms with Gasteiger partial charge in [-0.25, -0.2) is 0 Å². The molecule has 1 aliphatic carbocycles. The fourth-order valence-corrected chi connectivity index (χ4v) is 1.70. The van der Waals surface area contributed by atoms with Crippen molar-refractivity contribution in [2.45, 2.75) is 32.2 Å². The highest BCUT2D eigenvalue weighted by Gasteiger charge is 2.19. The minimum absolute atomic E-state index is 0.313. The average molecular weight is 151 g/mol. The summed E-state index contributed by atoms with van der Waals surface area (Å²) in [4.78, 5) is 0. The zero-order valence-electron chi connectivity index (χ0n) is 6.76. The fourth-order valence-electron chi connectivity index (χ4n) is 1.70. The van der Waals surface area contributed by atoms with Gasteiger partial charge in [0.1, 0.15) is 5.76 Å². The lowest BCUT2D eigenvalue weighted by Crippen LogP contribution is -2.27. The smallest absolute Gasteiger partial charge is 0.108 e. The molecule has 0 amide bonds. The summed E-state index contributed by atoms with van der Waals surface area (Å²) < 4.78 is 5.38. The summed E-state index contributed by atoms with van der Waals surface area (Å²) in [6.07, 6.45) is 4.96. The van der Waals surface area contributed by atoms with Crippen LogP contribution in [0.4, 0.5) is 0 Å². The van der Waals surface area contributed by atoms with Crippen LogP contribution in [0, 0.1) is 6.92 Å². The Hall–Kier alpha value is -0.760. The van der Waals surface area contributed by atoms with Crippen molar-refractivity contribution in [1.29, 1.82) is 0 Å². The van der Waals surface area contributed by atoms with E-state index in [1.165, 1.54) is 11.1 Å². The van der Waals surface area contributed by atoms with Gasteiger partial charge in [-0.05, 0) is 30.9 Å². The van der Waals surface area contributed by atoms with Crippen LogP contribution in [0.1, 0.15) is 23.3 Å². The van der Waals surface area contributed by atoms with Gasteiger partial charge < -0.3 is 10.2 Å². The Morgan fingerprint density at radius 1 is 1.64 bits per heavy atom. The van der Waals surface area contributed by atoms with E-state index in [1.54, 1.807) is 0 Å². The summed E-state index contributed by atoms with van der Waals surface area (Å²) in [5.41, 5.74) is 8.48. The lowest BCUT2D eigenvalue weighted by Gasteiger charge is -2.16. The topological polar surface area (TPSA) is 39.2 Å². The minimum atomic E-state index is 0.313. The van der Waals surface area contributed by atoms with Gasteiger partial charge in [-0.1, -0.05) is 0 Å². The van der Waals surface area contributed by atoms with Crippen LogP contribution < -0.4 is 5.73 Å². The summed E-state index contributed by atoms with van der Waals surface area (Å²) in [7, 11) is 0. The lowest BCUT2D eigenvalue weighted by molar-refractivity contribution is 0.449. The maximum absolute atomic E-state index is 5.80. The van der Waals surface area contributed by atoms with Crippen LogP contribution in [0.2, 0.25) is 0 Å². The zero-order chi connectivity index (χ0) is 7.84. The molecule has 2 nitrogen and oxygen atoms in total. The van der Waals surface area contributed by atoms with Crippen molar-refractivity contribution < 1.29 is 4.42 Å². The summed E-state index contributed by atoms with van der Waals surface area (Å²) in [6.45, 7) is 2.10. The van der Waals surface area contributed by atoms with E-state index in [4.69, 9.17) is 10.2 Å². The predicted octanol–water partition coefficient (Wildman–Crippen LogP) is 1.40. The summed E-state index contributed by atoms with van der Waals surface area (Å²) in [5.74, 6) is 1.11. The molecule has 0 radical (unpaired) electrons. The quantitative estimate of drug-likeness (QED) is 0.608. The third kappa shape index (κ3) is 1.07. The maximum Gasteiger partial charge on any atom is 0.108 e. The molecule has 1 aliphatic rings. The molecule has 1 unspecified atom stereocenters. The molecule has 0 fully saturated rings. The van der Waals surface area contributed by atoms with E-state index in [0.29, 0.717) is 6.04 Å². The number of nitrogens with two attached hydrogens (primary N) is 1. The van der Waals surface area contributed by atoms with Gasteiger partial charge in [0.05, 0.1) is 6.26 Å². The van der Waals surface area contributed by atoms with E-state index in [2.05, 4.69) is 6.92 Å². The van der Waals surface area contributed by atoms with Crippen molar-refractivity contribution >= 4 is 0 Å². The van der Waals surface area contributed by atoms with Crippen LogP contribution in [0.5, 0.6) is 0 Å². The number of hydrogen-bond donors (Lipinski definition) is 1. The highest BCUT2D eigenvalue weighted by molar-refractivity contribution is 5.29. The van der Waals surface area contributed by atoms with E-state index in [9.17, 15) is 0 Å². The molecule has 0 aromatic carbocycles. The normalized spacial score (nSPS) is 23.3. The predicted molar refractivity (Wildman–Crippen MR) is 43.4 cm³/mol. The van der Waals surface area contributed by atoms with Crippen molar-refractivity contribution in [3.8, 4) is 0 Å². The van der Waals surface area contributed by atoms with Crippen LogP contribution in [-0.2, 0) is 12.8 Å². The largest absolute Gasteiger partial charge is 0.469 e. The van der Waals surface area contributed by atoms with Gasteiger partial charge >= 0.3 is 0 Å². The first kappa shape index (κ1) is 6.92. The highest BCUT2D eigenvalue weighted by Crippen LogP contribution is 2.24. The van der Waals surface area contributed by atoms with Gasteiger partial charge in [-0.3, -0.25) is 0 Å². The molecule has 0 aliphatic heterocycles. The molecular weight excluding hydrogens is 138 g/mol. The third-order valence-electron chi connectivity index (χ3n) is 2.40. The second-order valence-electron chi connectivity index (χ2n) is 3.32. The van der Waals surface area contributed by atoms with Gasteiger partial charge in [0.25, 0.3) is 0 Å². The first-order valence-electron chi connectivity index (χ1n) is 4.09. The molecule has 60 valence electrons. The molecule has 1 aromatic heterocycles. The van der Waals surface area contributed by atoms with Crippen LogP contribution in [0.15, 0.2) is 10.7 Å². The first-order valence-corrected chi connectivity index (χ1v) is 4.09. The van der Waals surface area contributed by atoms with E-state index in [0.717, 1.165) is 25.0 Å².